The molecule has 0 saturated carbocycles. The Kier molecular flexibility index (Phi) is 6.43. The van der Waals surface area contributed by atoms with E-state index in [1.807, 2.05) is 0 Å². The molecule has 1 atom stereocenters. The largest absolute Gasteiger partial charge is 0.514 e. The molecule has 0 aromatic heterocycles. The van der Waals surface area contributed by atoms with Crippen molar-refractivity contribution in [1.82, 2.24) is 5.32 Å². The van der Waals surface area contributed by atoms with Crippen LogP contribution in [0.2, 0.25) is 0 Å². The number of hydrogen-bond donors (Lipinski definition) is 2. The lowest BCUT2D eigenvalue weighted by molar-refractivity contribution is 0.0304. The van der Waals surface area contributed by atoms with Gasteiger partial charge in [-0.05, 0) is 19.4 Å². The molecule has 0 radical (unpaired) electrons. The zero-order valence-electron chi connectivity index (χ0n) is 11.4. The van der Waals surface area contributed by atoms with Gasteiger partial charge in [0.2, 0.25) is 0 Å². The standard InChI is InChI=1S/C11H17NO8S/c1-8-7-9(20-11(14)19-8)3-5-18-10(13)12-4-2-6-21(15,16)17/h7,9H,2-6H2,1H3,(H,12,13)(H,15,16,17). The Bertz CT molecular complexity index is 512. The summed E-state index contributed by atoms with van der Waals surface area (Å²) in [6, 6.07) is 0. The fourth-order valence-corrected chi connectivity index (χ4v) is 2.02. The molecule has 1 amide bonds. The number of amides is 1. The Labute approximate surface area is 122 Å². The van der Waals surface area contributed by atoms with Crippen LogP contribution in [0.3, 0.4) is 0 Å². The number of allylic oxidation sites excluding steroid dienone is 1. The molecule has 1 unspecified atom stereocenters. The molecule has 2 N–H and O–H groups in total. The summed E-state index contributed by atoms with van der Waals surface area (Å²) in [6.07, 6.45) is -0.0785. The summed E-state index contributed by atoms with van der Waals surface area (Å²) in [5, 5.41) is 2.33. The van der Waals surface area contributed by atoms with E-state index < -0.39 is 34.2 Å². The van der Waals surface area contributed by atoms with Gasteiger partial charge in [-0.1, -0.05) is 0 Å². The Morgan fingerprint density at radius 1 is 1.52 bits per heavy atom. The van der Waals surface area contributed by atoms with E-state index in [0.29, 0.717) is 5.76 Å². The highest BCUT2D eigenvalue weighted by Crippen LogP contribution is 2.14. The van der Waals surface area contributed by atoms with Gasteiger partial charge in [0.15, 0.2) is 0 Å². The second-order valence-corrected chi connectivity index (χ2v) is 5.85. The normalized spacial score (nSPS) is 18.3. The van der Waals surface area contributed by atoms with Crippen molar-refractivity contribution in [2.75, 3.05) is 18.9 Å². The molecule has 0 fully saturated rings. The number of alkyl carbamates (subject to hydrolysis) is 1. The van der Waals surface area contributed by atoms with Gasteiger partial charge in [0, 0.05) is 13.0 Å². The van der Waals surface area contributed by atoms with E-state index in [1.54, 1.807) is 13.0 Å². The van der Waals surface area contributed by atoms with E-state index in [9.17, 15) is 18.0 Å². The number of hydrogen-bond acceptors (Lipinski definition) is 7. The number of ether oxygens (including phenoxy) is 3. The maximum atomic E-state index is 11.2. The Hall–Kier alpha value is -1.81. The predicted molar refractivity (Wildman–Crippen MR) is 70.1 cm³/mol. The van der Waals surface area contributed by atoms with Crippen LogP contribution >= 0.6 is 0 Å². The van der Waals surface area contributed by atoms with Crippen LogP contribution in [0, 0.1) is 0 Å². The highest BCUT2D eigenvalue weighted by molar-refractivity contribution is 7.85. The molecule has 0 spiro atoms. The lowest BCUT2D eigenvalue weighted by Gasteiger charge is -2.19. The van der Waals surface area contributed by atoms with Gasteiger partial charge in [0.25, 0.3) is 10.1 Å². The van der Waals surface area contributed by atoms with Crippen molar-refractivity contribution in [3.8, 4) is 0 Å². The third-order valence-electron chi connectivity index (χ3n) is 2.40. The Balaban J connectivity index is 2.13. The van der Waals surface area contributed by atoms with E-state index in [4.69, 9.17) is 14.0 Å². The van der Waals surface area contributed by atoms with E-state index in [2.05, 4.69) is 10.1 Å². The van der Waals surface area contributed by atoms with Gasteiger partial charge in [-0.15, -0.1) is 0 Å². The van der Waals surface area contributed by atoms with Crippen LogP contribution in [-0.2, 0) is 24.3 Å². The number of carbonyl (C=O) groups excluding carboxylic acids is 2. The highest BCUT2D eigenvalue weighted by atomic mass is 32.2. The fraction of sp³-hybridized carbons (Fsp3) is 0.636. The SMILES string of the molecule is CC1=CC(CCOC(=O)NCCCS(=O)(=O)O)OC(=O)O1. The van der Waals surface area contributed by atoms with Crippen molar-refractivity contribution in [2.45, 2.75) is 25.9 Å². The lowest BCUT2D eigenvalue weighted by atomic mass is 10.2. The fourth-order valence-electron chi connectivity index (χ4n) is 1.52. The van der Waals surface area contributed by atoms with E-state index >= 15 is 0 Å². The summed E-state index contributed by atoms with van der Waals surface area (Å²) in [4.78, 5) is 22.2. The van der Waals surface area contributed by atoms with E-state index in [0.717, 1.165) is 0 Å². The molecule has 1 heterocycles. The smallest absolute Gasteiger partial charge is 0.449 e. The molecular formula is C11H17NO8S. The van der Waals surface area contributed by atoms with Gasteiger partial charge in [-0.2, -0.15) is 8.42 Å². The Morgan fingerprint density at radius 3 is 2.86 bits per heavy atom. The summed E-state index contributed by atoms with van der Waals surface area (Å²) >= 11 is 0. The molecule has 10 heteroatoms. The average Bonchev–Trinajstić information content (AvgIpc) is 2.32. The van der Waals surface area contributed by atoms with Crippen LogP contribution < -0.4 is 5.32 Å². The summed E-state index contributed by atoms with van der Waals surface area (Å²) in [5.74, 6) is -0.0130. The monoisotopic (exact) mass is 323 g/mol. The summed E-state index contributed by atoms with van der Waals surface area (Å²) in [6.45, 7) is 1.69. The molecule has 0 saturated heterocycles. The van der Waals surface area contributed by atoms with Gasteiger partial charge in [0.05, 0.1) is 12.4 Å². The first-order chi connectivity index (χ1) is 9.76. The molecular weight excluding hydrogens is 306 g/mol. The summed E-state index contributed by atoms with van der Waals surface area (Å²) < 4.78 is 43.6. The zero-order chi connectivity index (χ0) is 15.9. The number of cyclic esters (lactones) is 2. The molecule has 1 rings (SSSR count). The van der Waals surface area contributed by atoms with Crippen molar-refractivity contribution in [3.05, 3.63) is 11.8 Å². The minimum atomic E-state index is -4.02. The van der Waals surface area contributed by atoms with Gasteiger partial charge in [-0.3, -0.25) is 4.55 Å². The van der Waals surface area contributed by atoms with Crippen molar-refractivity contribution in [1.29, 1.82) is 0 Å². The summed E-state index contributed by atoms with van der Waals surface area (Å²) in [5.41, 5.74) is 0. The molecule has 0 aromatic carbocycles. The number of carbonyl (C=O) groups is 2. The zero-order valence-corrected chi connectivity index (χ0v) is 12.2. The van der Waals surface area contributed by atoms with Crippen molar-refractivity contribution >= 4 is 22.4 Å². The van der Waals surface area contributed by atoms with Gasteiger partial charge < -0.3 is 19.5 Å². The predicted octanol–water partition coefficient (Wildman–Crippen LogP) is 0.820. The Morgan fingerprint density at radius 2 is 2.24 bits per heavy atom. The maximum Gasteiger partial charge on any atom is 0.514 e. The molecule has 9 nitrogen and oxygen atoms in total. The molecule has 120 valence electrons. The molecule has 1 aliphatic heterocycles. The van der Waals surface area contributed by atoms with Crippen LogP contribution in [-0.4, -0.2) is 50.2 Å². The first-order valence-corrected chi connectivity index (χ1v) is 7.80. The quantitative estimate of drug-likeness (QED) is 0.400. The number of rotatable bonds is 7. The van der Waals surface area contributed by atoms with Gasteiger partial charge in [-0.25, -0.2) is 9.59 Å². The molecule has 21 heavy (non-hydrogen) atoms. The summed E-state index contributed by atoms with van der Waals surface area (Å²) in [7, 11) is -4.02. The van der Waals surface area contributed by atoms with Crippen LogP contribution in [0.5, 0.6) is 0 Å². The molecule has 1 aliphatic rings. The maximum absolute atomic E-state index is 11.2. The van der Waals surface area contributed by atoms with Crippen molar-refractivity contribution < 1.29 is 36.8 Å². The first kappa shape index (κ1) is 17.2. The van der Waals surface area contributed by atoms with Gasteiger partial charge >= 0.3 is 12.2 Å². The minimum Gasteiger partial charge on any atom is -0.449 e. The van der Waals surface area contributed by atoms with Crippen LogP contribution in [0.4, 0.5) is 9.59 Å². The second-order valence-electron chi connectivity index (χ2n) is 4.28. The van der Waals surface area contributed by atoms with Crippen LogP contribution in [0.25, 0.3) is 0 Å². The van der Waals surface area contributed by atoms with Gasteiger partial charge in [0.1, 0.15) is 11.9 Å². The van der Waals surface area contributed by atoms with Crippen LogP contribution in [0.15, 0.2) is 11.8 Å². The topological polar surface area (TPSA) is 128 Å². The third kappa shape index (κ3) is 8.15. The lowest BCUT2D eigenvalue weighted by Crippen LogP contribution is -2.29. The van der Waals surface area contributed by atoms with Crippen molar-refractivity contribution in [2.24, 2.45) is 0 Å². The van der Waals surface area contributed by atoms with Crippen molar-refractivity contribution in [3.63, 3.8) is 0 Å². The second kappa shape index (κ2) is 7.84. The number of nitrogens with one attached hydrogen (secondary N) is 1. The highest BCUT2D eigenvalue weighted by Gasteiger charge is 2.20. The molecule has 0 aromatic rings. The minimum absolute atomic E-state index is 0.0197. The van der Waals surface area contributed by atoms with Crippen LogP contribution in [0.1, 0.15) is 19.8 Å². The molecule has 0 bridgehead atoms. The van der Waals surface area contributed by atoms with E-state index in [-0.39, 0.29) is 26.0 Å². The third-order valence-corrected chi connectivity index (χ3v) is 3.20. The first-order valence-electron chi connectivity index (χ1n) is 6.19. The average molecular weight is 323 g/mol. The van der Waals surface area contributed by atoms with E-state index in [1.165, 1.54) is 0 Å². The molecule has 0 aliphatic carbocycles.